The van der Waals surface area contributed by atoms with Crippen LogP contribution in [-0.4, -0.2) is 24.9 Å². The highest BCUT2D eigenvalue weighted by molar-refractivity contribution is 5.68. The predicted molar refractivity (Wildman–Crippen MR) is 97.9 cm³/mol. The molecular formula is C19H18N6O. The maximum Gasteiger partial charge on any atom is 0.261 e. The number of pyridine rings is 1. The number of anilines is 1. The maximum absolute atomic E-state index is 5.28. The molecule has 3 heterocycles. The number of rotatable bonds is 5. The third-order valence-electron chi connectivity index (χ3n) is 3.97. The van der Waals surface area contributed by atoms with Crippen molar-refractivity contribution in [2.75, 3.05) is 5.32 Å². The second kappa shape index (κ2) is 6.79. The van der Waals surface area contributed by atoms with Crippen LogP contribution in [0.5, 0.6) is 0 Å². The first-order chi connectivity index (χ1) is 12.7. The number of hydrogen-bond donors (Lipinski definition) is 1. The molecular weight excluding hydrogens is 328 g/mol. The minimum absolute atomic E-state index is 0.453. The largest absolute Gasteiger partial charge is 0.365 e. The van der Waals surface area contributed by atoms with Crippen molar-refractivity contribution < 1.29 is 4.52 Å². The van der Waals surface area contributed by atoms with Gasteiger partial charge in [-0.3, -0.25) is 0 Å². The summed E-state index contributed by atoms with van der Waals surface area (Å²) in [5, 5.41) is 11.7. The summed E-state index contributed by atoms with van der Waals surface area (Å²) < 4.78 is 7.17. The fourth-order valence-corrected chi connectivity index (χ4v) is 2.74. The number of hydrogen-bond acceptors (Lipinski definition) is 6. The van der Waals surface area contributed by atoms with Gasteiger partial charge in [-0.2, -0.15) is 10.1 Å². The second-order valence-corrected chi connectivity index (χ2v) is 5.93. The molecule has 1 N–H and O–H groups in total. The smallest absolute Gasteiger partial charge is 0.261 e. The van der Waals surface area contributed by atoms with E-state index in [4.69, 9.17) is 4.52 Å². The molecule has 0 bridgehead atoms. The standard InChI is InChI=1S/C19H18N6O/c1-13-9-11-25(23-13)17-8-4-3-6-15(17)12-21-18-16(7-5-10-20-18)19-22-14(2)24-26-19/h3-11H,12H2,1-2H3,(H,20,21). The van der Waals surface area contributed by atoms with Crippen LogP contribution < -0.4 is 5.32 Å². The third-order valence-corrected chi connectivity index (χ3v) is 3.97. The van der Waals surface area contributed by atoms with Crippen molar-refractivity contribution in [1.29, 1.82) is 0 Å². The van der Waals surface area contributed by atoms with Crippen molar-refractivity contribution in [3.8, 4) is 17.1 Å². The lowest BCUT2D eigenvalue weighted by molar-refractivity contribution is 0.425. The summed E-state index contributed by atoms with van der Waals surface area (Å²) >= 11 is 0. The third kappa shape index (κ3) is 3.19. The van der Waals surface area contributed by atoms with Crippen molar-refractivity contribution in [3.05, 3.63) is 71.9 Å². The quantitative estimate of drug-likeness (QED) is 0.595. The fraction of sp³-hybridized carbons (Fsp3) is 0.158. The summed E-state index contributed by atoms with van der Waals surface area (Å²) in [6, 6.07) is 13.9. The number of benzene rings is 1. The van der Waals surface area contributed by atoms with Crippen LogP contribution in [0.15, 0.2) is 59.4 Å². The lowest BCUT2D eigenvalue weighted by Crippen LogP contribution is -2.07. The highest BCUT2D eigenvalue weighted by atomic mass is 16.5. The Balaban J connectivity index is 1.61. The summed E-state index contributed by atoms with van der Waals surface area (Å²) in [6.07, 6.45) is 3.69. The van der Waals surface area contributed by atoms with Crippen LogP contribution in [0.1, 0.15) is 17.1 Å². The molecule has 0 aliphatic carbocycles. The van der Waals surface area contributed by atoms with E-state index in [1.165, 1.54) is 0 Å². The molecule has 0 unspecified atom stereocenters. The summed E-state index contributed by atoms with van der Waals surface area (Å²) in [6.45, 7) is 4.36. The summed E-state index contributed by atoms with van der Waals surface area (Å²) in [7, 11) is 0. The van der Waals surface area contributed by atoms with Crippen molar-refractivity contribution in [1.82, 2.24) is 24.9 Å². The molecule has 4 aromatic rings. The molecule has 3 aromatic heterocycles. The normalized spacial score (nSPS) is 10.8. The Hall–Kier alpha value is -3.48. The van der Waals surface area contributed by atoms with E-state index in [1.54, 1.807) is 13.1 Å². The lowest BCUT2D eigenvalue weighted by atomic mass is 10.1. The zero-order valence-corrected chi connectivity index (χ0v) is 14.5. The van der Waals surface area contributed by atoms with Crippen LogP contribution in [0.2, 0.25) is 0 Å². The molecule has 130 valence electrons. The minimum atomic E-state index is 0.453. The van der Waals surface area contributed by atoms with Crippen LogP contribution in [-0.2, 0) is 6.54 Å². The van der Waals surface area contributed by atoms with Gasteiger partial charge in [0.2, 0.25) is 0 Å². The molecule has 0 atom stereocenters. The van der Waals surface area contributed by atoms with Gasteiger partial charge in [-0.1, -0.05) is 23.4 Å². The second-order valence-electron chi connectivity index (χ2n) is 5.93. The Morgan fingerprint density at radius 3 is 2.73 bits per heavy atom. The van der Waals surface area contributed by atoms with Gasteiger partial charge in [0.1, 0.15) is 5.82 Å². The lowest BCUT2D eigenvalue weighted by Gasteiger charge is -2.12. The topological polar surface area (TPSA) is 81.7 Å². The highest BCUT2D eigenvalue weighted by Gasteiger charge is 2.13. The zero-order valence-electron chi connectivity index (χ0n) is 14.5. The molecule has 0 radical (unpaired) electrons. The number of nitrogens with one attached hydrogen (secondary N) is 1. The molecule has 0 saturated carbocycles. The van der Waals surface area contributed by atoms with Gasteiger partial charge in [-0.25, -0.2) is 9.67 Å². The maximum atomic E-state index is 5.28. The number of para-hydroxylation sites is 1. The Morgan fingerprint density at radius 2 is 1.96 bits per heavy atom. The van der Waals surface area contributed by atoms with Crippen LogP contribution in [0.3, 0.4) is 0 Å². The van der Waals surface area contributed by atoms with Crippen LogP contribution in [0.4, 0.5) is 5.82 Å². The first-order valence-electron chi connectivity index (χ1n) is 8.31. The predicted octanol–water partition coefficient (Wildman–Crippen LogP) is 3.55. The van der Waals surface area contributed by atoms with E-state index in [-0.39, 0.29) is 0 Å². The van der Waals surface area contributed by atoms with Gasteiger partial charge in [-0.05, 0) is 43.7 Å². The van der Waals surface area contributed by atoms with Gasteiger partial charge < -0.3 is 9.84 Å². The molecule has 0 amide bonds. The summed E-state index contributed by atoms with van der Waals surface area (Å²) in [5.74, 6) is 1.74. The van der Waals surface area contributed by atoms with E-state index < -0.39 is 0 Å². The van der Waals surface area contributed by atoms with E-state index in [1.807, 2.05) is 54.2 Å². The Bertz CT molecular complexity index is 952. The average Bonchev–Trinajstić information content (AvgIpc) is 3.29. The molecule has 0 spiro atoms. The van der Waals surface area contributed by atoms with Gasteiger partial charge in [0, 0.05) is 18.9 Å². The number of aryl methyl sites for hydroxylation is 2. The molecule has 0 saturated heterocycles. The average molecular weight is 346 g/mol. The SMILES string of the molecule is Cc1ccn(-c2ccccc2CNc2ncccc2-c2nc(C)no2)n1. The van der Waals surface area contributed by atoms with Gasteiger partial charge >= 0.3 is 0 Å². The molecule has 7 heteroatoms. The molecule has 0 fully saturated rings. The van der Waals surface area contributed by atoms with Gasteiger partial charge in [0.05, 0.1) is 16.9 Å². The molecule has 7 nitrogen and oxygen atoms in total. The van der Waals surface area contributed by atoms with Gasteiger partial charge in [-0.15, -0.1) is 0 Å². The summed E-state index contributed by atoms with van der Waals surface area (Å²) in [4.78, 5) is 8.72. The van der Waals surface area contributed by atoms with Crippen molar-refractivity contribution in [3.63, 3.8) is 0 Å². The molecule has 0 aliphatic rings. The number of aromatic nitrogens is 5. The molecule has 0 aliphatic heterocycles. The zero-order chi connectivity index (χ0) is 17.9. The van der Waals surface area contributed by atoms with E-state index in [0.29, 0.717) is 24.1 Å². The van der Waals surface area contributed by atoms with E-state index in [0.717, 1.165) is 22.5 Å². The van der Waals surface area contributed by atoms with Crippen LogP contribution >= 0.6 is 0 Å². The Labute approximate surface area is 150 Å². The monoisotopic (exact) mass is 346 g/mol. The first kappa shape index (κ1) is 16.0. The number of nitrogens with zero attached hydrogens (tertiary/aromatic N) is 5. The molecule has 1 aromatic carbocycles. The molecule has 4 rings (SSSR count). The van der Waals surface area contributed by atoms with Crippen molar-refractivity contribution >= 4 is 5.82 Å². The molecule has 26 heavy (non-hydrogen) atoms. The first-order valence-corrected chi connectivity index (χ1v) is 8.31. The van der Waals surface area contributed by atoms with Gasteiger partial charge in [0.25, 0.3) is 5.89 Å². The Morgan fingerprint density at radius 1 is 1.08 bits per heavy atom. The van der Waals surface area contributed by atoms with Crippen LogP contribution in [0.25, 0.3) is 17.1 Å². The van der Waals surface area contributed by atoms with E-state index in [2.05, 4.69) is 31.6 Å². The van der Waals surface area contributed by atoms with Gasteiger partial charge in [0.15, 0.2) is 5.82 Å². The summed E-state index contributed by atoms with van der Waals surface area (Å²) in [5.41, 5.74) is 3.89. The van der Waals surface area contributed by atoms with E-state index >= 15 is 0 Å². The van der Waals surface area contributed by atoms with Crippen LogP contribution in [0, 0.1) is 13.8 Å². The van der Waals surface area contributed by atoms with Crippen molar-refractivity contribution in [2.45, 2.75) is 20.4 Å². The van der Waals surface area contributed by atoms with E-state index in [9.17, 15) is 0 Å². The highest BCUT2D eigenvalue weighted by Crippen LogP contribution is 2.25. The minimum Gasteiger partial charge on any atom is -0.365 e. The van der Waals surface area contributed by atoms with Crippen molar-refractivity contribution in [2.24, 2.45) is 0 Å². The fourth-order valence-electron chi connectivity index (χ4n) is 2.74. The Kier molecular flexibility index (Phi) is 4.18.